The van der Waals surface area contributed by atoms with E-state index in [1.54, 1.807) is 5.48 Å². The van der Waals surface area contributed by atoms with Crippen LogP contribution in [0.15, 0.2) is 11.6 Å². The van der Waals surface area contributed by atoms with Crippen LogP contribution in [0.5, 0.6) is 0 Å². The fourth-order valence-corrected chi connectivity index (χ4v) is 13.0. The van der Waals surface area contributed by atoms with Gasteiger partial charge in [0.25, 0.3) is 5.91 Å². The van der Waals surface area contributed by atoms with E-state index in [4.69, 9.17) is 0 Å². The maximum Gasteiger partial charge on any atom is 0.314 e. The average molecular weight is 683 g/mol. The van der Waals surface area contributed by atoms with Gasteiger partial charge in [-0.05, 0) is 135 Å². The van der Waals surface area contributed by atoms with Crippen molar-refractivity contribution in [3.63, 3.8) is 0 Å². The minimum Gasteiger partial charge on any atom is -0.481 e. The number of nitrogens with one attached hydrogen (secondary N) is 1. The lowest BCUT2D eigenvalue weighted by molar-refractivity contribution is -0.185. The molecule has 0 saturated heterocycles. The van der Waals surface area contributed by atoms with Gasteiger partial charge in [-0.1, -0.05) is 74.3 Å². The average Bonchev–Trinajstić information content (AvgIpc) is 3.02. The summed E-state index contributed by atoms with van der Waals surface area (Å²) in [4.78, 5) is 57.0. The van der Waals surface area contributed by atoms with Gasteiger partial charge in [-0.2, -0.15) is 0 Å². The summed E-state index contributed by atoms with van der Waals surface area (Å²) in [7, 11) is 0. The predicted octanol–water partition coefficient (Wildman–Crippen LogP) is 8.01. The van der Waals surface area contributed by atoms with E-state index in [9.17, 15) is 29.5 Å². The molecule has 8 nitrogen and oxygen atoms in total. The summed E-state index contributed by atoms with van der Waals surface area (Å²) in [6, 6.07) is -0.929. The predicted molar refractivity (Wildman–Crippen MR) is 191 cm³/mol. The molecule has 0 aromatic heterocycles. The van der Waals surface area contributed by atoms with Crippen molar-refractivity contribution < 1.29 is 29.5 Å². The van der Waals surface area contributed by atoms with Crippen molar-refractivity contribution in [1.29, 1.82) is 0 Å². The van der Waals surface area contributed by atoms with Crippen molar-refractivity contribution in [1.82, 2.24) is 10.4 Å². The highest BCUT2D eigenvalue weighted by molar-refractivity contribution is 6.02. The first-order valence-electron chi connectivity index (χ1n) is 19.5. The van der Waals surface area contributed by atoms with Crippen LogP contribution in [0, 0.1) is 56.2 Å². The molecule has 0 spiro atoms. The van der Waals surface area contributed by atoms with E-state index in [1.165, 1.54) is 12.0 Å². The van der Waals surface area contributed by atoms with Crippen LogP contribution in [-0.4, -0.2) is 57.8 Å². The molecule has 5 aliphatic carbocycles. The number of nitrogens with zero attached hydrogens (tertiary/aromatic N) is 1. The minimum absolute atomic E-state index is 0.00617. The Morgan fingerprint density at radius 2 is 1.55 bits per heavy atom. The molecule has 4 unspecified atom stereocenters. The van der Waals surface area contributed by atoms with Gasteiger partial charge in [-0.25, -0.2) is 5.48 Å². The number of hydroxylamine groups is 1. The van der Waals surface area contributed by atoms with Crippen LogP contribution in [0.25, 0.3) is 0 Å². The highest BCUT2D eigenvalue weighted by atomic mass is 16.5. The third-order valence-corrected chi connectivity index (χ3v) is 15.9. The Bertz CT molecular complexity index is 1370. The second-order valence-corrected chi connectivity index (χ2v) is 19.1. The lowest BCUT2D eigenvalue weighted by Gasteiger charge is -2.70. The first-order chi connectivity index (χ1) is 22.8. The molecule has 10 atom stereocenters. The monoisotopic (exact) mass is 682 g/mol. The molecule has 0 bridgehead atoms. The SMILES string of the molecule is CCCN(CCC)[C@@H](CC(C(=O)O)C(=O)C1(C)CC[C@]2(C)CC[C@]3(C)C(=CC(=O)C4[C@@]5(C)CCCC(C)(C)C5CC[C@]43C)[C@@H]2C1)C(=O)NO. The summed E-state index contributed by atoms with van der Waals surface area (Å²) in [5.41, 5.74) is 1.80. The summed E-state index contributed by atoms with van der Waals surface area (Å²) >= 11 is 0. The molecular formula is C41H66N2O6. The van der Waals surface area contributed by atoms with E-state index in [2.05, 4.69) is 41.5 Å². The number of fused-ring (bicyclic) bond motifs is 7. The molecule has 4 fully saturated rings. The highest BCUT2D eigenvalue weighted by Gasteiger charge is 2.69. The van der Waals surface area contributed by atoms with Crippen LogP contribution in [-0.2, 0) is 19.2 Å². The Morgan fingerprint density at radius 3 is 2.14 bits per heavy atom. The molecule has 1 amide bonds. The van der Waals surface area contributed by atoms with Crippen molar-refractivity contribution in [3.05, 3.63) is 11.6 Å². The number of Topliss-reactive ketones (excluding diaryl/α,β-unsaturated/α-hetero) is 1. The first-order valence-corrected chi connectivity index (χ1v) is 19.5. The van der Waals surface area contributed by atoms with Gasteiger partial charge < -0.3 is 5.11 Å². The topological polar surface area (TPSA) is 124 Å². The molecule has 0 heterocycles. The van der Waals surface area contributed by atoms with Crippen LogP contribution in [0.1, 0.15) is 146 Å². The summed E-state index contributed by atoms with van der Waals surface area (Å²) < 4.78 is 0. The second kappa shape index (κ2) is 13.2. The fourth-order valence-electron chi connectivity index (χ4n) is 13.0. The van der Waals surface area contributed by atoms with Gasteiger partial charge >= 0.3 is 5.97 Å². The van der Waals surface area contributed by atoms with Crippen molar-refractivity contribution in [2.24, 2.45) is 56.2 Å². The zero-order valence-electron chi connectivity index (χ0n) is 32.0. The number of amides is 1. The third-order valence-electron chi connectivity index (χ3n) is 15.9. The molecule has 0 radical (unpaired) electrons. The van der Waals surface area contributed by atoms with E-state index in [-0.39, 0.29) is 56.9 Å². The molecule has 5 aliphatic rings. The van der Waals surface area contributed by atoms with Gasteiger partial charge in [0.2, 0.25) is 0 Å². The van der Waals surface area contributed by atoms with Gasteiger partial charge in [0, 0.05) is 11.3 Å². The minimum atomic E-state index is -1.38. The molecule has 0 aromatic rings. The standard InChI is InChI=1S/C41H66N2O6/c1-10-21-43(22-11-2)29(34(46)42-49)23-26(35(47)48)33(45)38(6)18-17-37(5)19-20-40(8)27(28(37)25-38)24-30(44)32-39(7)15-12-14-36(3,4)31(39)13-16-41(32,40)9/h24,26,28-29,31-32,49H,10-23,25H2,1-9H3,(H,42,46)(H,47,48)/t26?,28-,29-,31?,32?,37+,38?,39-,40+,41+/m0/s1. The maximum atomic E-state index is 14.7. The van der Waals surface area contributed by atoms with Gasteiger partial charge in [-0.15, -0.1) is 0 Å². The molecule has 0 aliphatic heterocycles. The molecule has 276 valence electrons. The molecule has 49 heavy (non-hydrogen) atoms. The van der Waals surface area contributed by atoms with Gasteiger partial charge in [0.05, 0.1) is 6.04 Å². The van der Waals surface area contributed by atoms with Crippen molar-refractivity contribution in [2.45, 2.75) is 152 Å². The van der Waals surface area contributed by atoms with E-state index in [0.29, 0.717) is 31.8 Å². The van der Waals surface area contributed by atoms with Crippen LogP contribution < -0.4 is 5.48 Å². The Balaban J connectivity index is 1.50. The summed E-state index contributed by atoms with van der Waals surface area (Å²) in [6.45, 7) is 21.4. The molecule has 4 saturated carbocycles. The number of ketones is 2. The lowest BCUT2D eigenvalue weighted by atomic mass is 9.33. The van der Waals surface area contributed by atoms with Crippen LogP contribution in [0.2, 0.25) is 0 Å². The zero-order valence-corrected chi connectivity index (χ0v) is 32.0. The summed E-state index contributed by atoms with van der Waals surface area (Å²) in [6.07, 6.45) is 12.9. The zero-order chi connectivity index (χ0) is 36.4. The number of hydrogen-bond acceptors (Lipinski definition) is 6. The number of rotatable bonds is 11. The van der Waals surface area contributed by atoms with Crippen LogP contribution >= 0.6 is 0 Å². The molecule has 8 heteroatoms. The molecule has 5 rings (SSSR count). The number of aliphatic carboxylic acids is 1. The fraction of sp³-hybridized carbons (Fsp3) is 0.854. The number of hydrogen-bond donors (Lipinski definition) is 3. The molecule has 3 N–H and O–H groups in total. The largest absolute Gasteiger partial charge is 0.481 e. The third kappa shape index (κ3) is 5.97. The number of carboxylic acid groups (broad SMARTS) is 1. The Kier molecular flexibility index (Phi) is 10.3. The Morgan fingerprint density at radius 1 is 0.918 bits per heavy atom. The van der Waals surface area contributed by atoms with Crippen LogP contribution in [0.4, 0.5) is 0 Å². The van der Waals surface area contributed by atoms with E-state index in [0.717, 1.165) is 57.8 Å². The van der Waals surface area contributed by atoms with Crippen molar-refractivity contribution in [3.8, 4) is 0 Å². The smallest absolute Gasteiger partial charge is 0.314 e. The summed E-state index contributed by atoms with van der Waals surface area (Å²) in [5.74, 6) is -2.83. The van der Waals surface area contributed by atoms with Crippen molar-refractivity contribution in [2.75, 3.05) is 13.1 Å². The maximum absolute atomic E-state index is 14.7. The molecular weight excluding hydrogens is 616 g/mol. The number of carboxylic acids is 1. The number of allylic oxidation sites excluding steroid dienone is 2. The quantitative estimate of drug-likeness (QED) is 0.115. The van der Waals surface area contributed by atoms with Gasteiger partial charge in [0.15, 0.2) is 11.6 Å². The van der Waals surface area contributed by atoms with Gasteiger partial charge in [0.1, 0.15) is 5.92 Å². The Hall–Kier alpha value is -2.06. The number of carbonyl (C=O) groups is 4. The second-order valence-electron chi connectivity index (χ2n) is 19.1. The van der Waals surface area contributed by atoms with Crippen molar-refractivity contribution >= 4 is 23.4 Å². The normalized spacial score (nSPS) is 40.9. The Labute approximate surface area is 295 Å². The highest BCUT2D eigenvalue weighted by Crippen LogP contribution is 2.75. The summed E-state index contributed by atoms with van der Waals surface area (Å²) in [5, 5.41) is 20.1. The van der Waals surface area contributed by atoms with E-state index in [1.807, 2.05) is 31.7 Å². The first kappa shape index (κ1) is 38.2. The molecule has 0 aromatic carbocycles. The number of carbonyl (C=O) groups excluding carboxylic acids is 3. The van der Waals surface area contributed by atoms with E-state index < -0.39 is 29.3 Å². The lowest BCUT2D eigenvalue weighted by Crippen LogP contribution is -2.65. The van der Waals surface area contributed by atoms with Gasteiger partial charge in [-0.3, -0.25) is 29.3 Å². The van der Waals surface area contributed by atoms with Crippen LogP contribution in [0.3, 0.4) is 0 Å². The van der Waals surface area contributed by atoms with E-state index >= 15 is 0 Å².